The molecule has 3 aromatic carbocycles. The lowest BCUT2D eigenvalue weighted by molar-refractivity contribution is -0.136. The first-order chi connectivity index (χ1) is 16.5. The Morgan fingerprint density at radius 1 is 0.912 bits per heavy atom. The first-order valence-electron chi connectivity index (χ1n) is 10.3. The van der Waals surface area contributed by atoms with Gasteiger partial charge >= 0.3 is 17.8 Å². The van der Waals surface area contributed by atoms with E-state index in [2.05, 4.69) is 15.8 Å². The molecule has 2 amide bonds. The Morgan fingerprint density at radius 3 is 2.41 bits per heavy atom. The third kappa shape index (κ3) is 6.67. The highest BCUT2D eigenvalue weighted by molar-refractivity contribution is 6.39. The van der Waals surface area contributed by atoms with Crippen LogP contribution in [-0.4, -0.2) is 37.7 Å². The van der Waals surface area contributed by atoms with Crippen molar-refractivity contribution in [3.8, 4) is 17.2 Å². The molecule has 34 heavy (non-hydrogen) atoms. The van der Waals surface area contributed by atoms with Crippen LogP contribution in [-0.2, 0) is 9.59 Å². The summed E-state index contributed by atoms with van der Waals surface area (Å²) < 4.78 is 15.9. The van der Waals surface area contributed by atoms with Gasteiger partial charge in [-0.25, -0.2) is 10.2 Å². The van der Waals surface area contributed by atoms with Crippen LogP contribution in [0.1, 0.15) is 22.8 Å². The van der Waals surface area contributed by atoms with Crippen LogP contribution in [0.5, 0.6) is 17.2 Å². The van der Waals surface area contributed by atoms with Crippen molar-refractivity contribution >= 4 is 29.7 Å². The van der Waals surface area contributed by atoms with Crippen LogP contribution in [0.25, 0.3) is 0 Å². The molecule has 0 saturated heterocycles. The summed E-state index contributed by atoms with van der Waals surface area (Å²) in [5.41, 5.74) is 3.42. The molecule has 0 spiro atoms. The Morgan fingerprint density at radius 2 is 1.68 bits per heavy atom. The maximum Gasteiger partial charge on any atom is 0.347 e. The van der Waals surface area contributed by atoms with Crippen LogP contribution < -0.4 is 25.0 Å². The van der Waals surface area contributed by atoms with Gasteiger partial charge in [-0.15, -0.1) is 0 Å². The van der Waals surface area contributed by atoms with Gasteiger partial charge in [-0.2, -0.15) is 5.10 Å². The van der Waals surface area contributed by atoms with Gasteiger partial charge in [0, 0.05) is 5.69 Å². The fourth-order valence-electron chi connectivity index (χ4n) is 2.84. The van der Waals surface area contributed by atoms with Gasteiger partial charge in [0.05, 0.1) is 19.9 Å². The Labute approximate surface area is 196 Å². The number of ether oxygens (including phenoxy) is 3. The van der Waals surface area contributed by atoms with E-state index in [1.165, 1.54) is 13.3 Å². The maximum absolute atomic E-state index is 12.4. The summed E-state index contributed by atoms with van der Waals surface area (Å²) in [4.78, 5) is 36.5. The number of nitrogens with zero attached hydrogens (tertiary/aromatic N) is 1. The number of nitrogens with one attached hydrogen (secondary N) is 2. The smallest absolute Gasteiger partial charge is 0.347 e. The highest BCUT2D eigenvalue weighted by Gasteiger charge is 2.15. The number of hydrazone groups is 1. The predicted octanol–water partition coefficient (Wildman–Crippen LogP) is 3.40. The van der Waals surface area contributed by atoms with E-state index in [0.29, 0.717) is 29.4 Å². The van der Waals surface area contributed by atoms with Crippen LogP contribution in [0.4, 0.5) is 5.69 Å². The SMILES string of the molecule is CCOc1ccc(NC(=O)C(=O)NN=Cc2cccc(OC(=O)c3ccccc3OC)c2)cc1. The quantitative estimate of drug-likeness (QED) is 0.175. The van der Waals surface area contributed by atoms with Crippen LogP contribution in [0, 0.1) is 0 Å². The van der Waals surface area contributed by atoms with Crippen LogP contribution >= 0.6 is 0 Å². The summed E-state index contributed by atoms with van der Waals surface area (Å²) >= 11 is 0. The normalized spacial score (nSPS) is 10.4. The highest BCUT2D eigenvalue weighted by atomic mass is 16.5. The zero-order valence-electron chi connectivity index (χ0n) is 18.6. The molecule has 9 heteroatoms. The standard InChI is InChI=1S/C25H23N3O6/c1-3-33-19-13-11-18(12-14-19)27-23(29)24(30)28-26-16-17-7-6-8-20(15-17)34-25(31)21-9-4-5-10-22(21)32-2/h4-16H,3H2,1-2H3,(H,27,29)(H,28,30). The third-order valence-electron chi connectivity index (χ3n) is 4.40. The summed E-state index contributed by atoms with van der Waals surface area (Å²) in [7, 11) is 1.47. The van der Waals surface area contributed by atoms with Crippen molar-refractivity contribution in [1.29, 1.82) is 0 Å². The number of amides is 2. The number of hydrogen-bond acceptors (Lipinski definition) is 7. The van der Waals surface area contributed by atoms with Gasteiger partial charge in [0.2, 0.25) is 0 Å². The molecule has 0 saturated carbocycles. The molecule has 0 fully saturated rings. The monoisotopic (exact) mass is 461 g/mol. The lowest BCUT2D eigenvalue weighted by Gasteiger charge is -2.08. The van der Waals surface area contributed by atoms with Gasteiger partial charge in [0.25, 0.3) is 0 Å². The van der Waals surface area contributed by atoms with Crippen molar-refractivity contribution in [1.82, 2.24) is 5.43 Å². The second-order valence-electron chi connectivity index (χ2n) is 6.77. The largest absolute Gasteiger partial charge is 0.496 e. The van der Waals surface area contributed by atoms with Crippen molar-refractivity contribution in [2.24, 2.45) is 5.10 Å². The molecule has 3 rings (SSSR count). The Hall–Kier alpha value is -4.66. The first-order valence-corrected chi connectivity index (χ1v) is 10.3. The molecule has 0 heterocycles. The molecule has 0 bridgehead atoms. The molecule has 0 aliphatic heterocycles. The number of methoxy groups -OCH3 is 1. The van der Waals surface area contributed by atoms with Crippen LogP contribution in [0.3, 0.4) is 0 Å². The zero-order chi connectivity index (χ0) is 24.3. The summed E-state index contributed by atoms with van der Waals surface area (Å²) in [6, 6.07) is 19.8. The highest BCUT2D eigenvalue weighted by Crippen LogP contribution is 2.21. The van der Waals surface area contributed by atoms with Gasteiger partial charge < -0.3 is 19.5 Å². The minimum absolute atomic E-state index is 0.277. The average Bonchev–Trinajstić information content (AvgIpc) is 2.85. The van der Waals surface area contributed by atoms with E-state index in [4.69, 9.17) is 14.2 Å². The lowest BCUT2D eigenvalue weighted by atomic mass is 10.2. The summed E-state index contributed by atoms with van der Waals surface area (Å²) in [5, 5.41) is 6.25. The minimum Gasteiger partial charge on any atom is -0.496 e. The summed E-state index contributed by atoms with van der Waals surface area (Å²) in [5.74, 6) is -1.06. The molecular formula is C25H23N3O6. The minimum atomic E-state index is -0.941. The Balaban J connectivity index is 1.55. The van der Waals surface area contributed by atoms with E-state index in [0.717, 1.165) is 0 Å². The molecule has 0 atom stereocenters. The molecule has 3 aromatic rings. The number of benzene rings is 3. The molecule has 174 valence electrons. The maximum atomic E-state index is 12.4. The predicted molar refractivity (Wildman–Crippen MR) is 126 cm³/mol. The number of carbonyl (C=O) groups is 3. The number of hydrogen-bond donors (Lipinski definition) is 2. The van der Waals surface area contributed by atoms with E-state index in [1.54, 1.807) is 72.8 Å². The number of carbonyl (C=O) groups excluding carboxylic acids is 3. The van der Waals surface area contributed by atoms with Gasteiger partial charge in [0.15, 0.2) is 0 Å². The van der Waals surface area contributed by atoms with E-state index >= 15 is 0 Å². The molecular weight excluding hydrogens is 438 g/mol. The van der Waals surface area contributed by atoms with Crippen molar-refractivity contribution < 1.29 is 28.6 Å². The molecule has 9 nitrogen and oxygen atoms in total. The van der Waals surface area contributed by atoms with E-state index in [9.17, 15) is 14.4 Å². The van der Waals surface area contributed by atoms with Gasteiger partial charge in [0.1, 0.15) is 22.8 Å². The van der Waals surface area contributed by atoms with E-state index < -0.39 is 17.8 Å². The fourth-order valence-corrected chi connectivity index (χ4v) is 2.84. The summed E-state index contributed by atoms with van der Waals surface area (Å²) in [6.07, 6.45) is 1.32. The van der Waals surface area contributed by atoms with E-state index in [-0.39, 0.29) is 11.3 Å². The van der Waals surface area contributed by atoms with Crippen LogP contribution in [0.2, 0.25) is 0 Å². The lowest BCUT2D eigenvalue weighted by Crippen LogP contribution is -2.32. The fraction of sp³-hybridized carbons (Fsp3) is 0.120. The van der Waals surface area contributed by atoms with Crippen molar-refractivity contribution in [3.63, 3.8) is 0 Å². The van der Waals surface area contributed by atoms with Gasteiger partial charge in [-0.05, 0) is 61.0 Å². The zero-order valence-corrected chi connectivity index (χ0v) is 18.6. The molecule has 0 aliphatic rings. The van der Waals surface area contributed by atoms with Gasteiger partial charge in [-0.3, -0.25) is 9.59 Å². The number of esters is 1. The number of anilines is 1. The Kier molecular flexibility index (Phi) is 8.34. The second-order valence-corrected chi connectivity index (χ2v) is 6.77. The first kappa shape index (κ1) is 24.0. The van der Waals surface area contributed by atoms with Crippen LogP contribution in [0.15, 0.2) is 77.9 Å². The molecule has 2 N–H and O–H groups in total. The van der Waals surface area contributed by atoms with Crippen molar-refractivity contribution in [2.75, 3.05) is 19.0 Å². The number of rotatable bonds is 8. The average molecular weight is 461 g/mol. The van der Waals surface area contributed by atoms with Crippen molar-refractivity contribution in [2.45, 2.75) is 6.92 Å². The van der Waals surface area contributed by atoms with Gasteiger partial charge in [-0.1, -0.05) is 24.3 Å². The molecule has 0 aromatic heterocycles. The van der Waals surface area contributed by atoms with E-state index in [1.807, 2.05) is 6.92 Å². The topological polar surface area (TPSA) is 115 Å². The number of para-hydroxylation sites is 1. The Bertz CT molecular complexity index is 1190. The molecule has 0 radical (unpaired) electrons. The third-order valence-corrected chi connectivity index (χ3v) is 4.40. The molecule has 0 unspecified atom stereocenters. The second kappa shape index (κ2) is 11.8. The molecule has 0 aliphatic carbocycles. The summed E-state index contributed by atoms with van der Waals surface area (Å²) in [6.45, 7) is 2.39. The van der Waals surface area contributed by atoms with Crippen molar-refractivity contribution in [3.05, 3.63) is 83.9 Å².